The molecule has 0 aliphatic carbocycles. The molecule has 1 aromatic carbocycles. The van der Waals surface area contributed by atoms with Gasteiger partial charge in [-0.15, -0.1) is 0 Å². The molecule has 0 saturated heterocycles. The third-order valence-electron chi connectivity index (χ3n) is 5.52. The van der Waals surface area contributed by atoms with Gasteiger partial charge in [-0.1, -0.05) is 45.4 Å². The van der Waals surface area contributed by atoms with E-state index >= 15 is 0 Å². The highest BCUT2D eigenvalue weighted by atomic mass is 16.6. The molecule has 0 saturated carbocycles. The van der Waals surface area contributed by atoms with Crippen LogP contribution in [0.3, 0.4) is 0 Å². The number of benzene rings is 1. The van der Waals surface area contributed by atoms with Gasteiger partial charge in [-0.2, -0.15) is 0 Å². The molecule has 3 N–H and O–H groups in total. The van der Waals surface area contributed by atoms with Gasteiger partial charge in [-0.05, 0) is 66.4 Å². The second-order valence-electron chi connectivity index (χ2n) is 11.2. The number of aryl methyl sites for hydroxylation is 1. The third kappa shape index (κ3) is 9.07. The van der Waals surface area contributed by atoms with Crippen LogP contribution in [0.15, 0.2) is 18.2 Å². The van der Waals surface area contributed by atoms with E-state index in [-0.39, 0.29) is 18.2 Å². The maximum absolute atomic E-state index is 14.0. The molecular formula is C27H45N3O5. The van der Waals surface area contributed by atoms with E-state index in [0.29, 0.717) is 24.0 Å². The Labute approximate surface area is 210 Å². The first-order chi connectivity index (χ1) is 16.0. The lowest BCUT2D eigenvalue weighted by atomic mass is 9.94. The summed E-state index contributed by atoms with van der Waals surface area (Å²) in [7, 11) is 0. The molecule has 0 aliphatic heterocycles. The molecule has 198 valence electrons. The van der Waals surface area contributed by atoms with E-state index in [4.69, 9.17) is 4.74 Å². The Balaban J connectivity index is 3.58. The van der Waals surface area contributed by atoms with Crippen LogP contribution in [0.1, 0.15) is 92.3 Å². The van der Waals surface area contributed by atoms with E-state index in [0.717, 1.165) is 0 Å². The Morgan fingerprint density at radius 3 is 2.17 bits per heavy atom. The van der Waals surface area contributed by atoms with Gasteiger partial charge in [-0.25, -0.2) is 4.79 Å². The Hall–Kier alpha value is -2.77. The lowest BCUT2D eigenvalue weighted by Gasteiger charge is -2.37. The van der Waals surface area contributed by atoms with Crippen molar-refractivity contribution in [3.63, 3.8) is 0 Å². The van der Waals surface area contributed by atoms with Crippen molar-refractivity contribution in [3.05, 3.63) is 29.3 Å². The van der Waals surface area contributed by atoms with Crippen LogP contribution in [0.25, 0.3) is 0 Å². The highest BCUT2D eigenvalue weighted by Gasteiger charge is 2.39. The summed E-state index contributed by atoms with van der Waals surface area (Å²) < 4.78 is 5.41. The maximum atomic E-state index is 14.0. The van der Waals surface area contributed by atoms with Crippen molar-refractivity contribution in [2.75, 3.05) is 6.54 Å². The number of phenolic OH excluding ortho intramolecular Hbond substituents is 1. The maximum Gasteiger partial charge on any atom is 0.408 e. The first kappa shape index (κ1) is 30.3. The van der Waals surface area contributed by atoms with Crippen LogP contribution >= 0.6 is 0 Å². The van der Waals surface area contributed by atoms with Gasteiger partial charge >= 0.3 is 6.09 Å². The summed E-state index contributed by atoms with van der Waals surface area (Å²) in [6.45, 7) is 18.6. The number of carbonyl (C=O) groups excluding carboxylic acids is 3. The number of hydrogen-bond acceptors (Lipinski definition) is 5. The summed E-state index contributed by atoms with van der Waals surface area (Å²) in [5.74, 6) is -1.05. The van der Waals surface area contributed by atoms with Crippen LogP contribution < -0.4 is 10.6 Å². The van der Waals surface area contributed by atoms with E-state index in [1.807, 2.05) is 41.5 Å². The molecule has 8 nitrogen and oxygen atoms in total. The molecule has 0 spiro atoms. The fourth-order valence-corrected chi connectivity index (χ4v) is 3.69. The number of carbonyl (C=O) groups is 3. The quantitative estimate of drug-likeness (QED) is 0.458. The Morgan fingerprint density at radius 2 is 1.69 bits per heavy atom. The summed E-state index contributed by atoms with van der Waals surface area (Å²) in [5, 5.41) is 16.6. The number of para-hydroxylation sites is 1. The van der Waals surface area contributed by atoms with Crippen molar-refractivity contribution in [1.29, 1.82) is 0 Å². The zero-order valence-electron chi connectivity index (χ0n) is 23.1. The monoisotopic (exact) mass is 491 g/mol. The predicted molar refractivity (Wildman–Crippen MR) is 138 cm³/mol. The van der Waals surface area contributed by atoms with E-state index in [1.54, 1.807) is 45.9 Å². The number of aromatic hydroxyl groups is 1. The summed E-state index contributed by atoms with van der Waals surface area (Å²) in [6.07, 6.45) is 0.513. The minimum absolute atomic E-state index is 0.0318. The molecule has 1 aromatic rings. The number of nitrogens with zero attached hydrogens (tertiary/aromatic N) is 1. The normalized spacial score (nSPS) is 14.5. The van der Waals surface area contributed by atoms with Crippen LogP contribution in [0, 0.1) is 12.8 Å². The molecule has 0 aromatic heterocycles. The largest absolute Gasteiger partial charge is 0.507 e. The van der Waals surface area contributed by atoms with Crippen LogP contribution in [0.4, 0.5) is 4.79 Å². The lowest BCUT2D eigenvalue weighted by molar-refractivity contribution is -0.144. The van der Waals surface area contributed by atoms with Crippen molar-refractivity contribution < 1.29 is 24.2 Å². The predicted octanol–water partition coefficient (Wildman–Crippen LogP) is 4.83. The third-order valence-corrected chi connectivity index (χ3v) is 5.52. The molecule has 0 heterocycles. The van der Waals surface area contributed by atoms with Crippen LogP contribution in [0.5, 0.6) is 5.75 Å². The number of rotatable bonds is 9. The Morgan fingerprint density at radius 1 is 1.09 bits per heavy atom. The average molecular weight is 492 g/mol. The molecule has 0 radical (unpaired) electrons. The van der Waals surface area contributed by atoms with Gasteiger partial charge in [0.05, 0.1) is 0 Å². The number of amides is 3. The average Bonchev–Trinajstić information content (AvgIpc) is 2.71. The summed E-state index contributed by atoms with van der Waals surface area (Å²) >= 11 is 0. The minimum atomic E-state index is -1.08. The number of hydrogen-bond donors (Lipinski definition) is 3. The summed E-state index contributed by atoms with van der Waals surface area (Å²) in [4.78, 5) is 41.7. The fourth-order valence-electron chi connectivity index (χ4n) is 3.69. The van der Waals surface area contributed by atoms with Gasteiger partial charge in [0.1, 0.15) is 23.4 Å². The van der Waals surface area contributed by atoms with E-state index < -0.39 is 41.1 Å². The molecule has 0 bridgehead atoms. The van der Waals surface area contributed by atoms with Crippen molar-refractivity contribution in [2.45, 2.75) is 105 Å². The molecular weight excluding hydrogens is 446 g/mol. The van der Waals surface area contributed by atoms with Crippen molar-refractivity contribution >= 4 is 17.9 Å². The molecule has 3 atom stereocenters. The van der Waals surface area contributed by atoms with E-state index in [1.165, 1.54) is 4.90 Å². The molecule has 3 amide bonds. The van der Waals surface area contributed by atoms with Gasteiger partial charge in [0, 0.05) is 17.6 Å². The number of nitrogens with one attached hydrogen (secondary N) is 2. The van der Waals surface area contributed by atoms with Crippen LogP contribution in [0.2, 0.25) is 0 Å². The lowest BCUT2D eigenvalue weighted by Crippen LogP contribution is -2.56. The second kappa shape index (κ2) is 12.3. The molecule has 35 heavy (non-hydrogen) atoms. The van der Waals surface area contributed by atoms with Crippen molar-refractivity contribution in [2.24, 2.45) is 5.92 Å². The highest BCUT2D eigenvalue weighted by molar-refractivity contribution is 5.93. The van der Waals surface area contributed by atoms with Crippen molar-refractivity contribution in [3.8, 4) is 5.75 Å². The Kier molecular flexibility index (Phi) is 10.6. The molecule has 0 aliphatic rings. The van der Waals surface area contributed by atoms with E-state index in [9.17, 15) is 19.5 Å². The zero-order valence-corrected chi connectivity index (χ0v) is 23.1. The van der Waals surface area contributed by atoms with Gasteiger partial charge in [0.2, 0.25) is 11.8 Å². The number of phenols is 1. The smallest absolute Gasteiger partial charge is 0.408 e. The summed E-state index contributed by atoms with van der Waals surface area (Å²) in [5.41, 5.74) is -0.335. The standard InChI is InChI=1S/C27H45N3O5/c1-11-16-30(24(33)20(17(3)12-2)28-25(34)35-27(8,9)10)21(23(32)29-26(5,6)7)19-15-13-14-18(4)22(19)31/h13-15,17,20-21,31H,11-12,16H2,1-10H3,(H,28,34)(H,29,32). The van der Waals surface area contributed by atoms with Crippen LogP contribution in [-0.4, -0.2) is 51.6 Å². The number of alkyl carbamates (subject to hydrolysis) is 1. The van der Waals surface area contributed by atoms with Crippen LogP contribution in [-0.2, 0) is 14.3 Å². The second-order valence-corrected chi connectivity index (χ2v) is 11.2. The highest BCUT2D eigenvalue weighted by Crippen LogP contribution is 2.33. The first-order valence-electron chi connectivity index (χ1n) is 12.4. The molecule has 3 unspecified atom stereocenters. The van der Waals surface area contributed by atoms with Crippen molar-refractivity contribution in [1.82, 2.24) is 15.5 Å². The SMILES string of the molecule is CCCN(C(=O)C(NC(=O)OC(C)(C)C)C(C)CC)C(C(=O)NC(C)(C)C)c1cccc(C)c1O. The molecule has 8 heteroatoms. The van der Waals surface area contributed by atoms with Gasteiger partial charge < -0.3 is 25.4 Å². The van der Waals surface area contributed by atoms with Gasteiger partial charge in [-0.3, -0.25) is 9.59 Å². The Bertz CT molecular complexity index is 886. The van der Waals surface area contributed by atoms with Gasteiger partial charge in [0.25, 0.3) is 0 Å². The minimum Gasteiger partial charge on any atom is -0.507 e. The first-order valence-corrected chi connectivity index (χ1v) is 12.4. The van der Waals surface area contributed by atoms with E-state index in [2.05, 4.69) is 10.6 Å². The van der Waals surface area contributed by atoms with Gasteiger partial charge in [0.15, 0.2) is 0 Å². The zero-order chi connectivity index (χ0) is 27.1. The molecule has 1 rings (SSSR count). The number of ether oxygens (including phenoxy) is 1. The topological polar surface area (TPSA) is 108 Å². The molecule has 0 fully saturated rings. The summed E-state index contributed by atoms with van der Waals surface area (Å²) in [6, 6.07) is 3.17. The fraction of sp³-hybridized carbons (Fsp3) is 0.667.